The second-order valence-electron chi connectivity index (χ2n) is 9.13. The third-order valence-corrected chi connectivity index (χ3v) is 6.04. The third kappa shape index (κ3) is 4.21. The standard InChI is InChI=1S/C26H29N3O5/c1-16(2)20(30)15-34-26-12-8-9-13-33-24(26)28-22-21(17(3)4)27-23(31)19(29(22)25(26)32)14-18-10-6-5-7-11-18/h5-13,16-17,19H,14-15H2,1-4H3,(H,27,31)/t19-,26+/m0/s1. The lowest BCUT2D eigenvalue weighted by Crippen LogP contribution is -2.65. The normalized spacial score (nSPS) is 23.9. The molecule has 34 heavy (non-hydrogen) atoms. The number of amides is 2. The van der Waals surface area contributed by atoms with E-state index in [9.17, 15) is 14.4 Å². The van der Waals surface area contributed by atoms with Crippen LogP contribution in [0.1, 0.15) is 33.3 Å². The molecular weight excluding hydrogens is 434 g/mol. The highest BCUT2D eigenvalue weighted by Crippen LogP contribution is 2.37. The molecule has 3 aliphatic rings. The Balaban J connectivity index is 1.84. The smallest absolute Gasteiger partial charge is 0.275 e. The van der Waals surface area contributed by atoms with Gasteiger partial charge >= 0.3 is 0 Å². The Kier molecular flexibility index (Phi) is 6.52. The van der Waals surface area contributed by atoms with Crippen molar-refractivity contribution < 1.29 is 23.9 Å². The van der Waals surface area contributed by atoms with Crippen LogP contribution in [0.15, 0.2) is 71.3 Å². The Morgan fingerprint density at radius 2 is 1.91 bits per heavy atom. The van der Waals surface area contributed by atoms with Crippen LogP contribution in [0.25, 0.3) is 0 Å². The van der Waals surface area contributed by atoms with Crippen molar-refractivity contribution in [1.82, 2.24) is 10.2 Å². The second kappa shape index (κ2) is 9.38. The average molecular weight is 464 g/mol. The molecular formula is C26H29N3O5. The number of aliphatic imine (C=N–C) groups is 1. The Hall–Kier alpha value is -3.52. The van der Waals surface area contributed by atoms with Gasteiger partial charge in [-0.2, -0.15) is 4.99 Å². The average Bonchev–Trinajstić information content (AvgIpc) is 3.02. The quantitative estimate of drug-likeness (QED) is 0.671. The molecule has 3 aliphatic heterocycles. The summed E-state index contributed by atoms with van der Waals surface area (Å²) in [5.74, 6) is -1.01. The van der Waals surface area contributed by atoms with Crippen LogP contribution < -0.4 is 5.32 Å². The fourth-order valence-electron chi connectivity index (χ4n) is 4.01. The number of benzene rings is 1. The molecule has 0 aromatic heterocycles. The van der Waals surface area contributed by atoms with Crippen LogP contribution in [0.5, 0.6) is 0 Å². The van der Waals surface area contributed by atoms with Crippen LogP contribution in [0.3, 0.4) is 0 Å². The van der Waals surface area contributed by atoms with E-state index in [0.29, 0.717) is 17.9 Å². The van der Waals surface area contributed by atoms with Crippen molar-refractivity contribution in [2.75, 3.05) is 6.61 Å². The van der Waals surface area contributed by atoms with Crippen molar-refractivity contribution in [2.45, 2.75) is 45.8 Å². The van der Waals surface area contributed by atoms with Crippen molar-refractivity contribution in [1.29, 1.82) is 0 Å². The molecule has 0 saturated heterocycles. The monoisotopic (exact) mass is 463 g/mol. The summed E-state index contributed by atoms with van der Waals surface area (Å²) in [7, 11) is 0. The summed E-state index contributed by atoms with van der Waals surface area (Å²) < 4.78 is 11.7. The van der Waals surface area contributed by atoms with Gasteiger partial charge in [0.1, 0.15) is 12.6 Å². The minimum absolute atomic E-state index is 0.0121. The fraction of sp³-hybridized carbons (Fsp3) is 0.385. The van der Waals surface area contributed by atoms with Crippen LogP contribution in [0, 0.1) is 11.8 Å². The third-order valence-electron chi connectivity index (χ3n) is 6.04. The number of nitrogens with one attached hydrogen (secondary N) is 1. The van der Waals surface area contributed by atoms with E-state index in [4.69, 9.17) is 9.47 Å². The van der Waals surface area contributed by atoms with Gasteiger partial charge in [0.05, 0.1) is 12.0 Å². The molecule has 178 valence electrons. The summed E-state index contributed by atoms with van der Waals surface area (Å²) in [5, 5.41) is 2.95. The van der Waals surface area contributed by atoms with Gasteiger partial charge in [0.25, 0.3) is 5.91 Å². The summed E-state index contributed by atoms with van der Waals surface area (Å²) >= 11 is 0. The maximum absolute atomic E-state index is 14.2. The van der Waals surface area contributed by atoms with Gasteiger partial charge in [-0.25, -0.2) is 0 Å². The van der Waals surface area contributed by atoms with E-state index in [0.717, 1.165) is 5.56 Å². The minimum Gasteiger partial charge on any atom is -0.447 e. The summed E-state index contributed by atoms with van der Waals surface area (Å²) in [6, 6.07) is 8.63. The van der Waals surface area contributed by atoms with Gasteiger partial charge in [0.2, 0.25) is 17.4 Å². The Bertz CT molecular complexity index is 1120. The lowest BCUT2D eigenvalue weighted by molar-refractivity contribution is -0.154. The zero-order valence-corrected chi connectivity index (χ0v) is 19.8. The second-order valence-corrected chi connectivity index (χ2v) is 9.13. The van der Waals surface area contributed by atoms with Gasteiger partial charge in [-0.3, -0.25) is 19.3 Å². The number of carbonyl (C=O) groups is 3. The van der Waals surface area contributed by atoms with Crippen molar-refractivity contribution in [3.8, 4) is 0 Å². The molecule has 1 N–H and O–H groups in total. The van der Waals surface area contributed by atoms with Gasteiger partial charge in [0.15, 0.2) is 11.6 Å². The van der Waals surface area contributed by atoms with Crippen molar-refractivity contribution in [3.63, 3.8) is 0 Å². The first-order valence-corrected chi connectivity index (χ1v) is 11.4. The van der Waals surface area contributed by atoms with Crippen LogP contribution in [0.4, 0.5) is 0 Å². The number of hydrogen-bond donors (Lipinski definition) is 1. The molecule has 1 aromatic rings. The first-order valence-electron chi connectivity index (χ1n) is 11.4. The first kappa shape index (κ1) is 23.6. The highest BCUT2D eigenvalue weighted by molar-refractivity contribution is 6.15. The SMILES string of the molecule is CC(C)C(=O)CO[C@]12C=CC=COC1=NC1=C(C(C)C)NC(=O)[C@H](Cc3ccccc3)N1C2=O. The first-order chi connectivity index (χ1) is 16.2. The van der Waals surface area contributed by atoms with Crippen LogP contribution in [-0.2, 0) is 30.3 Å². The molecule has 0 bridgehead atoms. The predicted molar refractivity (Wildman–Crippen MR) is 126 cm³/mol. The zero-order valence-electron chi connectivity index (χ0n) is 19.8. The number of nitrogens with zero attached hydrogens (tertiary/aromatic N) is 2. The number of carbonyl (C=O) groups excluding carboxylic acids is 3. The summed E-state index contributed by atoms with van der Waals surface area (Å²) in [5.41, 5.74) is -0.327. The number of ketones is 1. The molecule has 0 aliphatic carbocycles. The van der Waals surface area contributed by atoms with Gasteiger partial charge in [-0.1, -0.05) is 64.1 Å². The Morgan fingerprint density at radius 1 is 1.18 bits per heavy atom. The van der Waals surface area contributed by atoms with E-state index in [2.05, 4.69) is 10.3 Å². The summed E-state index contributed by atoms with van der Waals surface area (Å²) in [6.07, 6.45) is 6.47. The maximum atomic E-state index is 14.2. The molecule has 8 heteroatoms. The molecule has 0 unspecified atom stereocenters. The number of allylic oxidation sites excluding steroid dienone is 3. The molecule has 3 heterocycles. The van der Waals surface area contributed by atoms with Crippen molar-refractivity contribution >= 4 is 23.5 Å². The van der Waals surface area contributed by atoms with Crippen LogP contribution in [-0.4, -0.2) is 46.6 Å². The predicted octanol–water partition coefficient (Wildman–Crippen LogP) is 2.87. The molecule has 2 atom stereocenters. The molecule has 2 amide bonds. The van der Waals surface area contributed by atoms with Crippen LogP contribution in [0.2, 0.25) is 0 Å². The molecule has 1 aromatic carbocycles. The summed E-state index contributed by atoms with van der Waals surface area (Å²) in [4.78, 5) is 45.9. The molecule has 0 spiro atoms. The lowest BCUT2D eigenvalue weighted by atomic mass is 9.92. The topological polar surface area (TPSA) is 97.3 Å². The summed E-state index contributed by atoms with van der Waals surface area (Å²) in [6.45, 7) is 7.06. The molecule has 8 nitrogen and oxygen atoms in total. The molecule has 0 saturated carbocycles. The van der Waals surface area contributed by atoms with Crippen molar-refractivity contribution in [2.24, 2.45) is 16.8 Å². The zero-order chi connectivity index (χ0) is 24.5. The lowest BCUT2D eigenvalue weighted by Gasteiger charge is -2.44. The highest BCUT2D eigenvalue weighted by atomic mass is 16.6. The number of rotatable bonds is 7. The van der Waals surface area contributed by atoms with E-state index in [1.54, 1.807) is 26.0 Å². The number of Topliss-reactive ketones (excluding diaryl/α,β-unsaturated/α-hetero) is 1. The van der Waals surface area contributed by atoms with Gasteiger partial charge in [-0.05, 0) is 23.6 Å². The number of ether oxygens (including phenoxy) is 2. The maximum Gasteiger partial charge on any atom is 0.275 e. The molecule has 4 rings (SSSR count). The van der Waals surface area contributed by atoms with Gasteiger partial charge in [-0.15, -0.1) is 0 Å². The molecule has 0 fully saturated rings. The largest absolute Gasteiger partial charge is 0.447 e. The van der Waals surface area contributed by atoms with E-state index >= 15 is 0 Å². The highest BCUT2D eigenvalue weighted by Gasteiger charge is 2.56. The minimum atomic E-state index is -1.76. The van der Waals surface area contributed by atoms with Crippen molar-refractivity contribution in [3.05, 3.63) is 71.9 Å². The van der Waals surface area contributed by atoms with Gasteiger partial charge in [0, 0.05) is 12.3 Å². The Morgan fingerprint density at radius 3 is 2.59 bits per heavy atom. The van der Waals surface area contributed by atoms with E-state index in [-0.39, 0.29) is 36.0 Å². The Labute approximate surface area is 199 Å². The number of hydrogen-bond acceptors (Lipinski definition) is 6. The number of fused-ring (bicyclic) bond motifs is 2. The van der Waals surface area contributed by atoms with Crippen LogP contribution >= 0.6 is 0 Å². The van der Waals surface area contributed by atoms with E-state index in [1.165, 1.54) is 17.2 Å². The molecule has 0 radical (unpaired) electrons. The fourth-order valence-corrected chi connectivity index (χ4v) is 4.01. The van der Waals surface area contributed by atoms with E-state index in [1.807, 2.05) is 44.2 Å². The van der Waals surface area contributed by atoms with Gasteiger partial charge < -0.3 is 14.8 Å². The van der Waals surface area contributed by atoms with E-state index < -0.39 is 17.6 Å².